The zero-order chi connectivity index (χ0) is 19.6. The van der Waals surface area contributed by atoms with E-state index in [0.717, 1.165) is 44.0 Å². The van der Waals surface area contributed by atoms with E-state index in [1.165, 1.54) is 5.56 Å². The molecule has 4 rings (SSSR count). The number of amides is 1. The highest BCUT2D eigenvalue weighted by Crippen LogP contribution is 2.34. The summed E-state index contributed by atoms with van der Waals surface area (Å²) in [6.07, 6.45) is 1.50. The van der Waals surface area contributed by atoms with Crippen LogP contribution in [0.3, 0.4) is 0 Å². The molecule has 0 atom stereocenters. The Morgan fingerprint density at radius 1 is 1.14 bits per heavy atom. The van der Waals surface area contributed by atoms with Gasteiger partial charge in [0.15, 0.2) is 17.2 Å². The van der Waals surface area contributed by atoms with E-state index in [1.54, 1.807) is 13.2 Å². The lowest BCUT2D eigenvalue weighted by molar-refractivity contribution is -0.0304. The molecule has 0 unspecified atom stereocenters. The van der Waals surface area contributed by atoms with Crippen molar-refractivity contribution in [1.29, 1.82) is 0 Å². The number of hydrogen-bond acceptors (Lipinski definition) is 5. The van der Waals surface area contributed by atoms with Gasteiger partial charge in [0.2, 0.25) is 0 Å². The van der Waals surface area contributed by atoms with Crippen molar-refractivity contribution in [3.63, 3.8) is 0 Å². The Bertz CT molecular complexity index is 859. The molecule has 148 valence electrons. The van der Waals surface area contributed by atoms with Crippen LogP contribution in [0.1, 0.15) is 35.7 Å². The first-order valence-corrected chi connectivity index (χ1v) is 9.75. The molecule has 0 aliphatic carbocycles. The summed E-state index contributed by atoms with van der Waals surface area (Å²) in [5.41, 5.74) is 1.19. The number of fused-ring (bicyclic) bond motifs is 1. The van der Waals surface area contributed by atoms with Crippen molar-refractivity contribution in [3.8, 4) is 17.2 Å². The first-order valence-electron chi connectivity index (χ1n) is 9.75. The van der Waals surface area contributed by atoms with Gasteiger partial charge in [-0.2, -0.15) is 0 Å². The molecule has 2 heterocycles. The van der Waals surface area contributed by atoms with Crippen LogP contribution in [0.4, 0.5) is 0 Å². The van der Waals surface area contributed by atoms with Gasteiger partial charge < -0.3 is 19.5 Å². The summed E-state index contributed by atoms with van der Waals surface area (Å²) in [5.74, 6) is 2.15. The number of hydrogen-bond donors (Lipinski definition) is 1. The van der Waals surface area contributed by atoms with E-state index in [9.17, 15) is 4.79 Å². The Hall–Kier alpha value is -2.73. The van der Waals surface area contributed by atoms with Crippen LogP contribution in [-0.4, -0.2) is 43.3 Å². The van der Waals surface area contributed by atoms with E-state index in [1.807, 2.05) is 37.3 Å². The average Bonchev–Trinajstić information content (AvgIpc) is 2.71. The van der Waals surface area contributed by atoms with Crippen LogP contribution in [-0.2, 0) is 6.54 Å². The van der Waals surface area contributed by atoms with Crippen LogP contribution in [0.25, 0.3) is 0 Å². The number of benzene rings is 2. The normalized spacial score (nSPS) is 18.1. The van der Waals surface area contributed by atoms with Gasteiger partial charge in [-0.3, -0.25) is 9.69 Å². The van der Waals surface area contributed by atoms with E-state index in [4.69, 9.17) is 14.2 Å². The lowest BCUT2D eigenvalue weighted by Crippen LogP contribution is -2.60. The van der Waals surface area contributed by atoms with Crippen molar-refractivity contribution in [2.45, 2.75) is 32.0 Å². The van der Waals surface area contributed by atoms with Crippen molar-refractivity contribution in [2.24, 2.45) is 0 Å². The molecule has 0 saturated carbocycles. The molecule has 2 aromatic rings. The molecule has 6 nitrogen and oxygen atoms in total. The van der Waals surface area contributed by atoms with E-state index in [0.29, 0.717) is 17.9 Å². The largest absolute Gasteiger partial charge is 0.493 e. The standard InChI is InChI=1S/C22H26N2O4/c1-3-27-19-9-8-16(14-20(19)26-2)15-24-12-10-22(11-13-24)23-21(25)17-6-4-5-7-18(17)28-22/h4-9,14H,3,10-13,15H2,1-2H3,(H,23,25). The van der Waals surface area contributed by atoms with Gasteiger partial charge in [-0.15, -0.1) is 0 Å². The van der Waals surface area contributed by atoms with Gasteiger partial charge in [-0.25, -0.2) is 0 Å². The van der Waals surface area contributed by atoms with E-state index in [2.05, 4.69) is 16.3 Å². The van der Waals surface area contributed by atoms with Gasteiger partial charge in [-0.05, 0) is 36.8 Å². The number of nitrogens with zero attached hydrogens (tertiary/aromatic N) is 1. The lowest BCUT2D eigenvalue weighted by atomic mass is 9.96. The number of piperidine rings is 1. The van der Waals surface area contributed by atoms with Gasteiger partial charge in [0.25, 0.3) is 5.91 Å². The molecule has 0 radical (unpaired) electrons. The van der Waals surface area contributed by atoms with Crippen molar-refractivity contribution >= 4 is 5.91 Å². The zero-order valence-corrected chi connectivity index (χ0v) is 16.4. The number of likely N-dealkylation sites (tertiary alicyclic amines) is 1. The second kappa shape index (κ2) is 7.72. The summed E-state index contributed by atoms with van der Waals surface area (Å²) >= 11 is 0. The van der Waals surface area contributed by atoms with Crippen molar-refractivity contribution in [1.82, 2.24) is 10.2 Å². The first-order chi connectivity index (χ1) is 13.6. The molecule has 2 aromatic carbocycles. The van der Waals surface area contributed by atoms with Crippen LogP contribution in [0.2, 0.25) is 0 Å². The molecule has 1 spiro atoms. The molecule has 1 saturated heterocycles. The minimum Gasteiger partial charge on any atom is -0.493 e. The predicted molar refractivity (Wildman–Crippen MR) is 106 cm³/mol. The highest BCUT2D eigenvalue weighted by molar-refractivity contribution is 5.98. The maximum atomic E-state index is 12.5. The monoisotopic (exact) mass is 382 g/mol. The highest BCUT2D eigenvalue weighted by Gasteiger charge is 2.42. The minimum absolute atomic E-state index is 0.0495. The molecule has 1 N–H and O–H groups in total. The molecule has 0 bridgehead atoms. The average molecular weight is 382 g/mol. The number of nitrogens with one attached hydrogen (secondary N) is 1. The fourth-order valence-corrected chi connectivity index (χ4v) is 3.90. The van der Waals surface area contributed by atoms with Crippen molar-refractivity contribution < 1.29 is 19.0 Å². The van der Waals surface area contributed by atoms with Gasteiger partial charge in [0.1, 0.15) is 5.75 Å². The molecule has 28 heavy (non-hydrogen) atoms. The summed E-state index contributed by atoms with van der Waals surface area (Å²) in [5, 5.41) is 3.09. The number of ether oxygens (including phenoxy) is 3. The fourth-order valence-electron chi connectivity index (χ4n) is 3.90. The number of methoxy groups -OCH3 is 1. The number of rotatable bonds is 5. The predicted octanol–water partition coefficient (Wildman–Crippen LogP) is 3.21. The first kappa shape index (κ1) is 18.6. The Morgan fingerprint density at radius 3 is 2.68 bits per heavy atom. The summed E-state index contributed by atoms with van der Waals surface area (Å²) in [4.78, 5) is 14.8. The second-order valence-corrected chi connectivity index (χ2v) is 7.24. The smallest absolute Gasteiger partial charge is 0.258 e. The number of carbonyl (C=O) groups excluding carboxylic acids is 1. The van der Waals surface area contributed by atoms with Crippen LogP contribution in [0.5, 0.6) is 17.2 Å². The van der Waals surface area contributed by atoms with Crippen LogP contribution in [0.15, 0.2) is 42.5 Å². The van der Waals surface area contributed by atoms with Crippen molar-refractivity contribution in [2.75, 3.05) is 26.8 Å². The Kier molecular flexibility index (Phi) is 5.13. The molecule has 0 aromatic heterocycles. The zero-order valence-electron chi connectivity index (χ0n) is 16.4. The molecular formula is C22H26N2O4. The van der Waals surface area contributed by atoms with Gasteiger partial charge in [0.05, 0.1) is 19.3 Å². The minimum atomic E-state index is -0.599. The van der Waals surface area contributed by atoms with Gasteiger partial charge in [0, 0.05) is 32.5 Å². The summed E-state index contributed by atoms with van der Waals surface area (Å²) < 4.78 is 17.3. The highest BCUT2D eigenvalue weighted by atomic mass is 16.5. The third kappa shape index (κ3) is 3.64. The number of para-hydroxylation sites is 1. The third-order valence-corrected chi connectivity index (χ3v) is 5.38. The third-order valence-electron chi connectivity index (χ3n) is 5.38. The maximum Gasteiger partial charge on any atom is 0.258 e. The summed E-state index contributed by atoms with van der Waals surface area (Å²) in [6.45, 7) is 5.08. The van der Waals surface area contributed by atoms with E-state index < -0.39 is 5.72 Å². The fraction of sp³-hybridized carbons (Fsp3) is 0.409. The SMILES string of the molecule is CCOc1ccc(CN2CCC3(CC2)NC(=O)c2ccccc2O3)cc1OC. The molecule has 2 aliphatic rings. The van der Waals surface area contributed by atoms with Gasteiger partial charge in [-0.1, -0.05) is 18.2 Å². The molecule has 1 amide bonds. The Balaban J connectivity index is 1.41. The van der Waals surface area contributed by atoms with Gasteiger partial charge >= 0.3 is 0 Å². The quantitative estimate of drug-likeness (QED) is 0.861. The Morgan fingerprint density at radius 2 is 1.93 bits per heavy atom. The van der Waals surface area contributed by atoms with Crippen LogP contribution >= 0.6 is 0 Å². The maximum absolute atomic E-state index is 12.5. The second-order valence-electron chi connectivity index (χ2n) is 7.24. The summed E-state index contributed by atoms with van der Waals surface area (Å²) in [7, 11) is 1.66. The lowest BCUT2D eigenvalue weighted by Gasteiger charge is -2.44. The van der Waals surface area contributed by atoms with Crippen LogP contribution < -0.4 is 19.5 Å². The Labute approximate surface area is 165 Å². The molecule has 2 aliphatic heterocycles. The summed E-state index contributed by atoms with van der Waals surface area (Å²) in [6, 6.07) is 13.5. The van der Waals surface area contributed by atoms with E-state index in [-0.39, 0.29) is 5.91 Å². The van der Waals surface area contributed by atoms with E-state index >= 15 is 0 Å². The molecule has 1 fully saturated rings. The number of carbonyl (C=O) groups is 1. The molecular weight excluding hydrogens is 356 g/mol. The topological polar surface area (TPSA) is 60.0 Å². The van der Waals surface area contributed by atoms with Crippen molar-refractivity contribution in [3.05, 3.63) is 53.6 Å². The molecule has 6 heteroatoms. The van der Waals surface area contributed by atoms with Crippen LogP contribution in [0, 0.1) is 0 Å².